The first-order chi connectivity index (χ1) is 13.1. The highest BCUT2D eigenvalue weighted by Gasteiger charge is 2.25. The summed E-state index contributed by atoms with van der Waals surface area (Å²) < 4.78 is 0. The van der Waals surface area contributed by atoms with Gasteiger partial charge in [0.25, 0.3) is 11.8 Å². The van der Waals surface area contributed by atoms with Crippen molar-refractivity contribution in [1.29, 1.82) is 0 Å². The monoisotopic (exact) mass is 382 g/mol. The average Bonchev–Trinajstić information content (AvgIpc) is 3.49. The highest BCUT2D eigenvalue weighted by atomic mass is 35.5. The fraction of sp³-hybridized carbons (Fsp3) is 0.143. The highest BCUT2D eigenvalue weighted by molar-refractivity contribution is 6.36. The fourth-order valence-electron chi connectivity index (χ4n) is 2.52. The molecule has 0 spiro atoms. The number of carbonyl (C=O) groups excluding carboxylic acids is 2. The van der Waals surface area contributed by atoms with Crippen LogP contribution in [0.2, 0.25) is 5.02 Å². The minimum Gasteiger partial charge on any atom is -0.349 e. The molecule has 0 unspecified atom stereocenters. The third kappa shape index (κ3) is 5.29. The quantitative estimate of drug-likeness (QED) is 0.308. The van der Waals surface area contributed by atoms with Crippen molar-refractivity contribution >= 4 is 41.1 Å². The van der Waals surface area contributed by atoms with Gasteiger partial charge in [0.2, 0.25) is 0 Å². The smallest absolute Gasteiger partial charge is 0.267 e. The van der Waals surface area contributed by atoms with E-state index in [1.807, 2.05) is 42.5 Å². The molecule has 0 radical (unpaired) electrons. The van der Waals surface area contributed by atoms with E-state index in [-0.39, 0.29) is 11.9 Å². The Morgan fingerprint density at radius 1 is 1.04 bits per heavy atom. The van der Waals surface area contributed by atoms with Gasteiger partial charge in [-0.25, -0.2) is 5.48 Å². The van der Waals surface area contributed by atoms with Crippen LogP contribution in [0.25, 0.3) is 17.7 Å². The molecule has 1 aliphatic rings. The van der Waals surface area contributed by atoms with Crippen LogP contribution >= 0.6 is 11.6 Å². The maximum absolute atomic E-state index is 12.7. The van der Waals surface area contributed by atoms with Gasteiger partial charge in [0.05, 0.1) is 0 Å². The molecule has 3 rings (SSSR count). The van der Waals surface area contributed by atoms with Crippen LogP contribution in [0, 0.1) is 0 Å². The number of rotatable bonds is 6. The maximum Gasteiger partial charge on any atom is 0.267 e. The Morgan fingerprint density at radius 3 is 2.33 bits per heavy atom. The first-order valence-corrected chi connectivity index (χ1v) is 8.94. The van der Waals surface area contributed by atoms with Crippen molar-refractivity contribution in [2.75, 3.05) is 0 Å². The van der Waals surface area contributed by atoms with Gasteiger partial charge < -0.3 is 5.32 Å². The third-order valence-electron chi connectivity index (χ3n) is 4.11. The van der Waals surface area contributed by atoms with E-state index < -0.39 is 5.91 Å². The zero-order valence-corrected chi connectivity index (χ0v) is 15.2. The number of hydroxylamine groups is 1. The van der Waals surface area contributed by atoms with Gasteiger partial charge in [0.1, 0.15) is 0 Å². The van der Waals surface area contributed by atoms with Crippen LogP contribution in [-0.4, -0.2) is 23.1 Å². The maximum atomic E-state index is 12.7. The number of carbonyl (C=O) groups is 2. The van der Waals surface area contributed by atoms with Gasteiger partial charge in [-0.2, -0.15) is 0 Å². The fourth-order valence-corrected chi connectivity index (χ4v) is 2.75. The lowest BCUT2D eigenvalue weighted by Crippen LogP contribution is -2.26. The summed E-state index contributed by atoms with van der Waals surface area (Å²) in [4.78, 5) is 23.8. The molecule has 2 amide bonds. The Bertz CT molecular complexity index is 900. The Morgan fingerprint density at radius 2 is 1.70 bits per heavy atom. The lowest BCUT2D eigenvalue weighted by atomic mass is 10.0. The molecule has 1 saturated carbocycles. The molecule has 2 aromatic carbocycles. The Balaban J connectivity index is 1.88. The van der Waals surface area contributed by atoms with E-state index in [9.17, 15) is 9.59 Å². The van der Waals surface area contributed by atoms with Crippen LogP contribution in [0.4, 0.5) is 0 Å². The summed E-state index contributed by atoms with van der Waals surface area (Å²) in [6, 6.07) is 14.8. The van der Waals surface area contributed by atoms with Gasteiger partial charge in [-0.3, -0.25) is 14.8 Å². The Hall–Kier alpha value is -2.89. The summed E-state index contributed by atoms with van der Waals surface area (Å²) >= 11 is 6.30. The molecule has 1 fully saturated rings. The largest absolute Gasteiger partial charge is 0.349 e. The van der Waals surface area contributed by atoms with E-state index in [0.717, 1.165) is 24.0 Å². The minimum atomic E-state index is -0.600. The van der Waals surface area contributed by atoms with Crippen LogP contribution < -0.4 is 10.8 Å². The molecule has 27 heavy (non-hydrogen) atoms. The third-order valence-corrected chi connectivity index (χ3v) is 4.44. The van der Waals surface area contributed by atoms with Gasteiger partial charge in [-0.15, -0.1) is 0 Å². The molecule has 2 aromatic rings. The normalized spacial score (nSPS) is 14.2. The molecule has 5 nitrogen and oxygen atoms in total. The first-order valence-electron chi connectivity index (χ1n) is 8.56. The topological polar surface area (TPSA) is 78.4 Å². The van der Waals surface area contributed by atoms with Crippen molar-refractivity contribution in [1.82, 2.24) is 10.8 Å². The number of hydrogen-bond acceptors (Lipinski definition) is 3. The van der Waals surface area contributed by atoms with Crippen molar-refractivity contribution in [2.45, 2.75) is 18.9 Å². The Kier molecular flexibility index (Phi) is 6.06. The zero-order chi connectivity index (χ0) is 19.2. The molecule has 0 heterocycles. The second-order valence-electron chi connectivity index (χ2n) is 6.26. The molecular formula is C21H19ClN2O3. The number of benzene rings is 2. The number of nitrogens with one attached hydrogen (secondary N) is 2. The summed E-state index contributed by atoms with van der Waals surface area (Å²) in [5.41, 5.74) is 4.35. The molecule has 1 aliphatic carbocycles. The van der Waals surface area contributed by atoms with E-state index >= 15 is 0 Å². The van der Waals surface area contributed by atoms with Gasteiger partial charge in [-0.05, 0) is 42.2 Å². The standard InChI is InChI=1S/C21H19ClN2O3/c22-19-4-2-1-3-17(19)18(21(26)23-16-10-11-16)13-15-7-5-14(6-8-15)9-12-20(25)24-27/h1-9,12-13,16,27H,10-11H2,(H,23,26)(H,24,25). The van der Waals surface area contributed by atoms with Gasteiger partial charge in [0, 0.05) is 28.3 Å². The zero-order valence-electron chi connectivity index (χ0n) is 14.5. The Labute approximate surface area is 162 Å². The molecule has 138 valence electrons. The minimum absolute atomic E-state index is 0.144. The second-order valence-corrected chi connectivity index (χ2v) is 6.67. The number of amides is 2. The summed E-state index contributed by atoms with van der Waals surface area (Å²) in [7, 11) is 0. The molecular weight excluding hydrogens is 364 g/mol. The first kappa shape index (κ1) is 18.9. The lowest BCUT2D eigenvalue weighted by molar-refractivity contribution is -0.124. The summed E-state index contributed by atoms with van der Waals surface area (Å²) in [6.07, 6.45) is 6.61. The van der Waals surface area contributed by atoms with Crippen molar-refractivity contribution in [3.63, 3.8) is 0 Å². The SMILES string of the molecule is O=C(C=Cc1ccc(C=C(C(=O)NC2CC2)c2ccccc2Cl)cc1)NO. The summed E-state index contributed by atoms with van der Waals surface area (Å²) in [6.45, 7) is 0. The van der Waals surface area contributed by atoms with E-state index in [1.54, 1.807) is 18.2 Å². The van der Waals surface area contributed by atoms with Crippen molar-refractivity contribution in [2.24, 2.45) is 0 Å². The molecule has 0 saturated heterocycles. The van der Waals surface area contributed by atoms with Gasteiger partial charge >= 0.3 is 0 Å². The van der Waals surface area contributed by atoms with Gasteiger partial charge in [-0.1, -0.05) is 54.1 Å². The van der Waals surface area contributed by atoms with E-state index in [2.05, 4.69) is 5.32 Å². The van der Waals surface area contributed by atoms with Crippen LogP contribution in [-0.2, 0) is 9.59 Å². The predicted octanol–water partition coefficient (Wildman–Crippen LogP) is 3.68. The molecule has 6 heteroatoms. The number of hydrogen-bond donors (Lipinski definition) is 3. The van der Waals surface area contributed by atoms with E-state index in [0.29, 0.717) is 16.2 Å². The summed E-state index contributed by atoms with van der Waals surface area (Å²) in [5.74, 6) is -0.745. The van der Waals surface area contributed by atoms with E-state index in [4.69, 9.17) is 16.8 Å². The van der Waals surface area contributed by atoms with Crippen LogP contribution in [0.1, 0.15) is 29.5 Å². The summed E-state index contributed by atoms with van der Waals surface area (Å²) in [5, 5.41) is 12.0. The molecule has 0 aliphatic heterocycles. The van der Waals surface area contributed by atoms with Gasteiger partial charge in [0.15, 0.2) is 0 Å². The second kappa shape index (κ2) is 8.66. The van der Waals surface area contributed by atoms with Crippen LogP contribution in [0.15, 0.2) is 54.6 Å². The van der Waals surface area contributed by atoms with E-state index in [1.165, 1.54) is 11.6 Å². The molecule has 0 atom stereocenters. The van der Waals surface area contributed by atoms with Crippen LogP contribution in [0.5, 0.6) is 0 Å². The average molecular weight is 383 g/mol. The predicted molar refractivity (Wildman–Crippen MR) is 106 cm³/mol. The van der Waals surface area contributed by atoms with Crippen molar-refractivity contribution in [3.05, 3.63) is 76.3 Å². The van der Waals surface area contributed by atoms with Crippen LogP contribution in [0.3, 0.4) is 0 Å². The molecule has 0 bridgehead atoms. The number of halogens is 1. The van der Waals surface area contributed by atoms with Crippen molar-refractivity contribution in [3.8, 4) is 0 Å². The molecule has 0 aromatic heterocycles. The lowest BCUT2D eigenvalue weighted by Gasteiger charge is -2.11. The van der Waals surface area contributed by atoms with Crippen molar-refractivity contribution < 1.29 is 14.8 Å². The molecule has 3 N–H and O–H groups in total. The highest BCUT2D eigenvalue weighted by Crippen LogP contribution is 2.28.